The van der Waals surface area contributed by atoms with Crippen molar-refractivity contribution < 1.29 is 13.2 Å². The van der Waals surface area contributed by atoms with E-state index in [2.05, 4.69) is 5.32 Å². The van der Waals surface area contributed by atoms with E-state index in [9.17, 15) is 13.2 Å². The molecule has 1 saturated heterocycles. The van der Waals surface area contributed by atoms with Crippen LogP contribution in [-0.4, -0.2) is 31.9 Å². The molecular formula is C13H23NO3S. The summed E-state index contributed by atoms with van der Waals surface area (Å²) in [5.74, 6) is -0.122. The van der Waals surface area contributed by atoms with Crippen molar-refractivity contribution in [3.8, 4) is 0 Å². The van der Waals surface area contributed by atoms with Gasteiger partial charge in [-0.25, -0.2) is 8.42 Å². The van der Waals surface area contributed by atoms with Crippen LogP contribution < -0.4 is 5.32 Å². The second kappa shape index (κ2) is 6.04. The Bertz CT molecular complexity index is 383. The molecule has 1 N–H and O–H groups in total. The molecule has 0 radical (unpaired) electrons. The Morgan fingerprint density at radius 1 is 0.944 bits per heavy atom. The number of nitrogens with one attached hydrogen (secondary N) is 1. The van der Waals surface area contributed by atoms with E-state index >= 15 is 0 Å². The van der Waals surface area contributed by atoms with Crippen molar-refractivity contribution in [1.29, 1.82) is 0 Å². The zero-order valence-corrected chi connectivity index (χ0v) is 11.7. The molecule has 104 valence electrons. The molecule has 1 aliphatic carbocycles. The average Bonchev–Trinajstić information content (AvgIpc) is 2.62. The summed E-state index contributed by atoms with van der Waals surface area (Å²) in [5, 5.41) is 3.06. The molecule has 1 atom stereocenters. The van der Waals surface area contributed by atoms with Gasteiger partial charge in [0.25, 0.3) is 0 Å². The van der Waals surface area contributed by atoms with E-state index in [1.807, 2.05) is 0 Å². The van der Waals surface area contributed by atoms with Crippen LogP contribution in [0.1, 0.15) is 51.4 Å². The third-order valence-electron chi connectivity index (χ3n) is 4.05. The molecule has 0 unspecified atom stereocenters. The molecular weight excluding hydrogens is 250 g/mol. The minimum atomic E-state index is -2.96. The first kappa shape index (κ1) is 13.8. The van der Waals surface area contributed by atoms with Crippen LogP contribution in [0.15, 0.2) is 0 Å². The molecule has 4 nitrogen and oxygen atoms in total. The summed E-state index contributed by atoms with van der Waals surface area (Å²) in [4.78, 5) is 12.0. The molecule has 0 bridgehead atoms. The summed E-state index contributed by atoms with van der Waals surface area (Å²) in [6.45, 7) is 0. The zero-order chi connectivity index (χ0) is 13.0. The molecule has 1 aliphatic heterocycles. The van der Waals surface area contributed by atoms with Crippen molar-refractivity contribution in [3.63, 3.8) is 0 Å². The summed E-state index contributed by atoms with van der Waals surface area (Å²) in [6, 6.07) is 0.265. The van der Waals surface area contributed by atoms with Crippen LogP contribution in [0.2, 0.25) is 0 Å². The average molecular weight is 273 g/mol. The van der Waals surface area contributed by atoms with Crippen molar-refractivity contribution >= 4 is 15.7 Å². The molecule has 0 spiro atoms. The Kier molecular flexibility index (Phi) is 4.65. The monoisotopic (exact) mass is 273 g/mol. The van der Waals surface area contributed by atoms with Crippen LogP contribution in [0, 0.1) is 5.92 Å². The van der Waals surface area contributed by atoms with Crippen LogP contribution in [-0.2, 0) is 14.6 Å². The minimum Gasteiger partial charge on any atom is -0.353 e. The van der Waals surface area contributed by atoms with E-state index in [0.717, 1.165) is 12.8 Å². The number of hydrogen-bond acceptors (Lipinski definition) is 3. The predicted octanol–water partition coefficient (Wildman–Crippen LogP) is 1.65. The van der Waals surface area contributed by atoms with Crippen molar-refractivity contribution in [2.45, 2.75) is 57.4 Å². The van der Waals surface area contributed by atoms with Gasteiger partial charge in [-0.3, -0.25) is 4.79 Å². The highest BCUT2D eigenvalue weighted by Crippen LogP contribution is 2.21. The Labute approximate surface area is 109 Å². The minimum absolute atomic E-state index is 0.0401. The third kappa shape index (κ3) is 3.97. The highest BCUT2D eigenvalue weighted by molar-refractivity contribution is 7.91. The second-order valence-electron chi connectivity index (χ2n) is 5.65. The number of hydrogen-bond donors (Lipinski definition) is 1. The molecule has 1 heterocycles. The van der Waals surface area contributed by atoms with Gasteiger partial charge in [0, 0.05) is 6.04 Å². The second-order valence-corrected chi connectivity index (χ2v) is 7.88. The van der Waals surface area contributed by atoms with Gasteiger partial charge in [0.1, 0.15) is 0 Å². The fourth-order valence-electron chi connectivity index (χ4n) is 2.92. The maximum Gasteiger partial charge on any atom is 0.224 e. The Hall–Kier alpha value is -0.580. The van der Waals surface area contributed by atoms with Crippen LogP contribution in [0.4, 0.5) is 0 Å². The van der Waals surface area contributed by atoms with Gasteiger partial charge < -0.3 is 5.32 Å². The van der Waals surface area contributed by atoms with E-state index in [1.165, 1.54) is 32.1 Å². The Morgan fingerprint density at radius 2 is 1.56 bits per heavy atom. The molecule has 0 aromatic rings. The molecule has 18 heavy (non-hydrogen) atoms. The normalized spacial score (nSPS) is 29.4. The van der Waals surface area contributed by atoms with Crippen molar-refractivity contribution in [1.82, 2.24) is 5.32 Å². The number of carbonyl (C=O) groups is 1. The highest BCUT2D eigenvalue weighted by Gasteiger charge is 2.33. The highest BCUT2D eigenvalue weighted by atomic mass is 32.2. The molecule has 2 fully saturated rings. The molecule has 5 heteroatoms. The maximum absolute atomic E-state index is 12.0. The number of amides is 1. The van der Waals surface area contributed by atoms with Crippen molar-refractivity contribution in [2.75, 3.05) is 11.5 Å². The van der Waals surface area contributed by atoms with Crippen LogP contribution in [0.5, 0.6) is 0 Å². The lowest BCUT2D eigenvalue weighted by Crippen LogP contribution is -2.39. The van der Waals surface area contributed by atoms with Gasteiger partial charge in [-0.15, -0.1) is 0 Å². The smallest absolute Gasteiger partial charge is 0.224 e. The largest absolute Gasteiger partial charge is 0.353 e. The van der Waals surface area contributed by atoms with Crippen LogP contribution >= 0.6 is 0 Å². The summed E-state index contributed by atoms with van der Waals surface area (Å²) >= 11 is 0. The molecule has 1 saturated carbocycles. The molecule has 1 amide bonds. The maximum atomic E-state index is 12.0. The molecule has 2 aliphatic rings. The van der Waals surface area contributed by atoms with Gasteiger partial charge in [0.05, 0.1) is 17.4 Å². The lowest BCUT2D eigenvalue weighted by molar-refractivity contribution is -0.125. The molecule has 2 rings (SSSR count). The zero-order valence-electron chi connectivity index (χ0n) is 10.9. The molecule has 0 aromatic heterocycles. The number of carbonyl (C=O) groups excluding carboxylic acids is 1. The first-order valence-electron chi connectivity index (χ1n) is 7.08. The van der Waals surface area contributed by atoms with Gasteiger partial charge in [0.2, 0.25) is 5.91 Å². The van der Waals surface area contributed by atoms with Gasteiger partial charge in [-0.2, -0.15) is 0 Å². The first-order valence-corrected chi connectivity index (χ1v) is 8.90. The Balaban J connectivity index is 1.82. The van der Waals surface area contributed by atoms with Gasteiger partial charge >= 0.3 is 0 Å². The van der Waals surface area contributed by atoms with Crippen LogP contribution in [0.25, 0.3) is 0 Å². The first-order chi connectivity index (χ1) is 8.57. The summed E-state index contributed by atoms with van der Waals surface area (Å²) in [5.41, 5.74) is 0. The summed E-state index contributed by atoms with van der Waals surface area (Å²) in [7, 11) is -2.96. The van der Waals surface area contributed by atoms with Crippen molar-refractivity contribution in [3.05, 3.63) is 0 Å². The van der Waals surface area contributed by atoms with Gasteiger partial charge in [-0.1, -0.05) is 32.1 Å². The number of rotatable bonds is 2. The third-order valence-corrected chi connectivity index (χ3v) is 5.82. The SMILES string of the molecule is O=C(NC1CCCCCCC1)[C@@H]1CCS(=O)(=O)C1. The summed E-state index contributed by atoms with van der Waals surface area (Å²) < 4.78 is 22.7. The van der Waals surface area contributed by atoms with E-state index in [0.29, 0.717) is 6.42 Å². The number of sulfone groups is 1. The molecule has 0 aromatic carbocycles. The van der Waals surface area contributed by atoms with Crippen LogP contribution in [0.3, 0.4) is 0 Å². The van der Waals surface area contributed by atoms with E-state index in [1.54, 1.807) is 0 Å². The Morgan fingerprint density at radius 3 is 2.11 bits per heavy atom. The van der Waals surface area contributed by atoms with E-state index in [-0.39, 0.29) is 29.4 Å². The lowest BCUT2D eigenvalue weighted by Gasteiger charge is -2.22. The van der Waals surface area contributed by atoms with Crippen molar-refractivity contribution in [2.24, 2.45) is 5.92 Å². The fourth-order valence-corrected chi connectivity index (χ4v) is 4.66. The van der Waals surface area contributed by atoms with E-state index < -0.39 is 9.84 Å². The quantitative estimate of drug-likeness (QED) is 0.832. The van der Waals surface area contributed by atoms with E-state index in [4.69, 9.17) is 0 Å². The topological polar surface area (TPSA) is 63.2 Å². The predicted molar refractivity (Wildman–Crippen MR) is 71.0 cm³/mol. The van der Waals surface area contributed by atoms with Gasteiger partial charge in [-0.05, 0) is 19.3 Å². The summed E-state index contributed by atoms with van der Waals surface area (Å²) in [6.07, 6.45) is 8.76. The standard InChI is InChI=1S/C13H23NO3S/c15-13(11-8-9-18(16,17)10-11)14-12-6-4-2-1-3-5-7-12/h11-12H,1-10H2,(H,14,15)/t11-/m1/s1. The fraction of sp³-hybridized carbons (Fsp3) is 0.923. The lowest BCUT2D eigenvalue weighted by atomic mass is 9.96. The van der Waals surface area contributed by atoms with Gasteiger partial charge in [0.15, 0.2) is 9.84 Å².